The minimum atomic E-state index is -3.65. The molecule has 0 saturated carbocycles. The first-order chi connectivity index (χ1) is 14.2. The number of sulfonamides is 1. The lowest BCUT2D eigenvalue weighted by atomic mass is 10.1. The summed E-state index contributed by atoms with van der Waals surface area (Å²) in [5, 5.41) is 0. The molecular formula is C20H18N6O3S. The second-order valence-corrected chi connectivity index (χ2v) is 8.53. The molecule has 152 valence electrons. The Morgan fingerprint density at radius 2 is 1.67 bits per heavy atom. The van der Waals surface area contributed by atoms with Gasteiger partial charge in [0.25, 0.3) is 5.91 Å². The van der Waals surface area contributed by atoms with E-state index in [1.807, 2.05) is 37.3 Å². The average molecular weight is 422 g/mol. The van der Waals surface area contributed by atoms with Gasteiger partial charge in [-0.3, -0.25) is 14.1 Å². The monoisotopic (exact) mass is 422 g/mol. The molecule has 0 saturated heterocycles. The highest BCUT2D eigenvalue weighted by Gasteiger charge is 2.23. The van der Waals surface area contributed by atoms with Crippen molar-refractivity contribution < 1.29 is 13.2 Å². The summed E-state index contributed by atoms with van der Waals surface area (Å²) in [7, 11) is -3.65. The molecule has 0 bridgehead atoms. The minimum Gasteiger partial charge on any atom is -0.364 e. The molecule has 10 heteroatoms. The first-order valence-electron chi connectivity index (χ1n) is 8.93. The Kier molecular flexibility index (Phi) is 4.70. The van der Waals surface area contributed by atoms with E-state index in [-0.39, 0.29) is 28.6 Å². The summed E-state index contributed by atoms with van der Waals surface area (Å²) in [6.07, 6.45) is 1.01. The molecule has 2 heterocycles. The van der Waals surface area contributed by atoms with E-state index in [9.17, 15) is 13.2 Å². The van der Waals surface area contributed by atoms with Crippen molar-refractivity contribution in [3.63, 3.8) is 0 Å². The Hall–Kier alpha value is -3.79. The van der Waals surface area contributed by atoms with Gasteiger partial charge in [0.2, 0.25) is 16.0 Å². The summed E-state index contributed by atoms with van der Waals surface area (Å²) in [5.74, 6) is -0.532. The summed E-state index contributed by atoms with van der Waals surface area (Å²) in [6, 6.07) is 16.4. The highest BCUT2D eigenvalue weighted by Crippen LogP contribution is 2.28. The van der Waals surface area contributed by atoms with Crippen LogP contribution in [0, 0.1) is 6.92 Å². The van der Waals surface area contributed by atoms with E-state index >= 15 is 0 Å². The number of rotatable bonds is 5. The molecule has 30 heavy (non-hydrogen) atoms. The van der Waals surface area contributed by atoms with Crippen molar-refractivity contribution in [3.05, 3.63) is 65.9 Å². The van der Waals surface area contributed by atoms with Crippen LogP contribution in [0.15, 0.2) is 54.6 Å². The zero-order chi connectivity index (χ0) is 21.5. The molecule has 1 amide bonds. The third kappa shape index (κ3) is 3.72. The summed E-state index contributed by atoms with van der Waals surface area (Å²) < 4.78 is 27.7. The van der Waals surface area contributed by atoms with E-state index in [4.69, 9.17) is 5.73 Å². The van der Waals surface area contributed by atoms with Gasteiger partial charge in [0.05, 0.1) is 11.9 Å². The molecule has 0 aliphatic carbocycles. The number of primary amides is 1. The maximum Gasteiger partial charge on any atom is 0.269 e. The van der Waals surface area contributed by atoms with Crippen LogP contribution < -0.4 is 10.5 Å². The maximum atomic E-state index is 12.1. The van der Waals surface area contributed by atoms with Crippen LogP contribution in [0.25, 0.3) is 28.2 Å². The number of imidazole rings is 1. The van der Waals surface area contributed by atoms with Gasteiger partial charge in [-0.05, 0) is 19.1 Å². The van der Waals surface area contributed by atoms with Gasteiger partial charge in [0.15, 0.2) is 17.2 Å². The number of benzene rings is 2. The number of aryl methyl sites for hydroxylation is 1. The number of para-hydroxylation sites is 1. The van der Waals surface area contributed by atoms with E-state index in [1.54, 1.807) is 24.3 Å². The minimum absolute atomic E-state index is 0.0171. The van der Waals surface area contributed by atoms with Crippen molar-refractivity contribution in [1.29, 1.82) is 0 Å². The fourth-order valence-corrected chi connectivity index (χ4v) is 3.49. The molecule has 2 aromatic heterocycles. The lowest BCUT2D eigenvalue weighted by Crippen LogP contribution is -2.15. The van der Waals surface area contributed by atoms with Crippen LogP contribution in [0.3, 0.4) is 0 Å². The predicted octanol–water partition coefficient (Wildman–Crippen LogP) is 2.26. The fourth-order valence-electron chi connectivity index (χ4n) is 3.02. The highest BCUT2D eigenvalue weighted by molar-refractivity contribution is 7.92. The lowest BCUT2D eigenvalue weighted by Gasteiger charge is -2.10. The smallest absolute Gasteiger partial charge is 0.269 e. The molecule has 0 atom stereocenters. The Morgan fingerprint density at radius 1 is 1.00 bits per heavy atom. The molecule has 2 aromatic carbocycles. The maximum absolute atomic E-state index is 12.1. The highest BCUT2D eigenvalue weighted by atomic mass is 32.2. The quantitative estimate of drug-likeness (QED) is 0.507. The van der Waals surface area contributed by atoms with Gasteiger partial charge in [-0.2, -0.15) is 0 Å². The summed E-state index contributed by atoms with van der Waals surface area (Å²) in [4.78, 5) is 25.3. The largest absolute Gasteiger partial charge is 0.364 e. The standard InChI is InChI=1S/C20H18N6O3S/c1-12-8-10-13(11-9-12)18-22-15(17(21)27)16-19(24-18)26(14-6-4-3-5-7-14)20(23-16)25-30(2,28)29/h3-11H,1-2H3,(H2,21,27)(H,23,25). The van der Waals surface area contributed by atoms with Crippen LogP contribution in [0.5, 0.6) is 0 Å². The number of hydrogen-bond acceptors (Lipinski definition) is 6. The fraction of sp³-hybridized carbons (Fsp3) is 0.100. The van der Waals surface area contributed by atoms with Crippen LogP contribution in [0.2, 0.25) is 0 Å². The number of aromatic nitrogens is 4. The van der Waals surface area contributed by atoms with Crippen LogP contribution in [0.1, 0.15) is 16.1 Å². The number of nitrogens with zero attached hydrogens (tertiary/aromatic N) is 4. The number of carbonyl (C=O) groups is 1. The van der Waals surface area contributed by atoms with Crippen LogP contribution >= 0.6 is 0 Å². The number of amides is 1. The van der Waals surface area contributed by atoms with E-state index in [1.165, 1.54) is 4.57 Å². The molecule has 3 N–H and O–H groups in total. The molecule has 0 spiro atoms. The third-order valence-corrected chi connectivity index (χ3v) is 4.89. The van der Waals surface area contributed by atoms with Gasteiger partial charge < -0.3 is 5.73 Å². The average Bonchev–Trinajstić information content (AvgIpc) is 3.04. The number of anilines is 1. The third-order valence-electron chi connectivity index (χ3n) is 4.34. The van der Waals surface area contributed by atoms with Crippen LogP contribution in [0.4, 0.5) is 5.95 Å². The molecule has 0 unspecified atom stereocenters. The SMILES string of the molecule is Cc1ccc(-c2nc(C(N)=O)c3nc(NS(C)(=O)=O)n(-c4ccccc4)c3n2)cc1. The Balaban J connectivity index is 2.08. The number of carbonyl (C=O) groups excluding carboxylic acids is 1. The first kappa shape index (κ1) is 19.5. The zero-order valence-electron chi connectivity index (χ0n) is 16.2. The normalized spacial score (nSPS) is 11.5. The lowest BCUT2D eigenvalue weighted by molar-refractivity contribution is 0.0997. The molecule has 0 radical (unpaired) electrons. The Bertz CT molecular complexity index is 1360. The zero-order valence-corrected chi connectivity index (χ0v) is 17.0. The van der Waals surface area contributed by atoms with E-state index in [0.29, 0.717) is 11.3 Å². The molecule has 0 aliphatic heterocycles. The van der Waals surface area contributed by atoms with E-state index in [0.717, 1.165) is 11.8 Å². The van der Waals surface area contributed by atoms with E-state index in [2.05, 4.69) is 19.7 Å². The molecule has 0 fully saturated rings. The molecule has 4 rings (SSSR count). The predicted molar refractivity (Wildman–Crippen MR) is 114 cm³/mol. The summed E-state index contributed by atoms with van der Waals surface area (Å²) in [5.41, 5.74) is 8.17. The van der Waals surface area contributed by atoms with Gasteiger partial charge in [-0.15, -0.1) is 0 Å². The number of nitrogens with one attached hydrogen (secondary N) is 1. The van der Waals surface area contributed by atoms with Crippen molar-refractivity contribution in [1.82, 2.24) is 19.5 Å². The van der Waals surface area contributed by atoms with Crippen molar-refractivity contribution in [2.75, 3.05) is 11.0 Å². The molecule has 0 aliphatic rings. The van der Waals surface area contributed by atoms with Gasteiger partial charge in [-0.25, -0.2) is 23.4 Å². The number of fused-ring (bicyclic) bond motifs is 1. The van der Waals surface area contributed by atoms with Crippen molar-refractivity contribution in [2.45, 2.75) is 6.92 Å². The van der Waals surface area contributed by atoms with Crippen molar-refractivity contribution in [3.8, 4) is 17.1 Å². The molecule has 4 aromatic rings. The van der Waals surface area contributed by atoms with Gasteiger partial charge in [0, 0.05) is 5.56 Å². The molecular weight excluding hydrogens is 404 g/mol. The second kappa shape index (κ2) is 7.23. The number of hydrogen-bond donors (Lipinski definition) is 2. The number of nitrogens with two attached hydrogens (primary N) is 1. The molecule has 9 nitrogen and oxygen atoms in total. The topological polar surface area (TPSA) is 133 Å². The van der Waals surface area contributed by atoms with Crippen LogP contribution in [-0.2, 0) is 10.0 Å². The second-order valence-electron chi connectivity index (χ2n) is 6.78. The van der Waals surface area contributed by atoms with Gasteiger partial charge in [0.1, 0.15) is 5.52 Å². The van der Waals surface area contributed by atoms with Crippen molar-refractivity contribution in [2.24, 2.45) is 5.73 Å². The van der Waals surface area contributed by atoms with Gasteiger partial charge in [-0.1, -0.05) is 48.0 Å². The Morgan fingerprint density at radius 3 is 2.27 bits per heavy atom. The summed E-state index contributed by atoms with van der Waals surface area (Å²) in [6.45, 7) is 1.95. The first-order valence-corrected chi connectivity index (χ1v) is 10.8. The van der Waals surface area contributed by atoms with E-state index < -0.39 is 15.9 Å². The Labute approximate surface area is 172 Å². The van der Waals surface area contributed by atoms with Crippen molar-refractivity contribution >= 4 is 33.0 Å². The summed E-state index contributed by atoms with van der Waals surface area (Å²) >= 11 is 0. The van der Waals surface area contributed by atoms with Crippen LogP contribution in [-0.4, -0.2) is 40.1 Å². The van der Waals surface area contributed by atoms with Gasteiger partial charge >= 0.3 is 0 Å².